The summed E-state index contributed by atoms with van der Waals surface area (Å²) in [4.78, 5) is 2.52. The second-order valence-corrected chi connectivity index (χ2v) is 17.6. The molecule has 0 atom stereocenters. The number of rotatable bonds is 8. The van der Waals surface area contributed by atoms with Gasteiger partial charge in [0.15, 0.2) is 0 Å². The van der Waals surface area contributed by atoms with Crippen molar-refractivity contribution < 1.29 is 0 Å². The van der Waals surface area contributed by atoms with Gasteiger partial charge in [-0.1, -0.05) is 208 Å². The van der Waals surface area contributed by atoms with E-state index in [4.69, 9.17) is 0 Å². The minimum Gasteiger partial charge on any atom is -0.309 e. The average Bonchev–Trinajstić information content (AvgIpc) is 3.84. The molecule has 308 valence electrons. The summed E-state index contributed by atoms with van der Waals surface area (Å²) in [6.45, 7) is 4.71. The number of fused-ring (bicyclic) bond motifs is 6. The van der Waals surface area contributed by atoms with Crippen molar-refractivity contribution in [3.05, 3.63) is 254 Å². The standard InChI is InChI=1S/C63H46N2/c1-63(2)54-33-16-14-29-52(54)60-49(31-18-34-55(60)63)45-39-41-47(42-40-45)65(59-38-20-37-58-62(59)53-30-15-17-35-56(53)64(58)46-25-10-5-11-26-46)57-36-19-32-50(44-23-8-4-9-24-44)61(57)51-28-13-12-27-48(51)43-21-6-3-7-22-43/h3-42H,1-2H3. The van der Waals surface area contributed by atoms with Crippen molar-refractivity contribution in [2.24, 2.45) is 0 Å². The lowest BCUT2D eigenvalue weighted by Gasteiger charge is -2.31. The lowest BCUT2D eigenvalue weighted by Crippen LogP contribution is -2.14. The molecular formula is C63H46N2. The van der Waals surface area contributed by atoms with E-state index in [0.717, 1.165) is 28.3 Å². The van der Waals surface area contributed by atoms with Gasteiger partial charge in [-0.05, 0) is 110 Å². The van der Waals surface area contributed by atoms with E-state index in [-0.39, 0.29) is 5.41 Å². The molecule has 0 N–H and O–H groups in total. The summed E-state index contributed by atoms with van der Waals surface area (Å²) in [5.74, 6) is 0. The smallest absolute Gasteiger partial charge is 0.0562 e. The van der Waals surface area contributed by atoms with Crippen molar-refractivity contribution in [1.29, 1.82) is 0 Å². The number of hydrogen-bond acceptors (Lipinski definition) is 1. The third-order valence-corrected chi connectivity index (χ3v) is 13.6. The Bertz CT molecular complexity index is 3550. The van der Waals surface area contributed by atoms with Gasteiger partial charge in [0, 0.05) is 33.1 Å². The van der Waals surface area contributed by atoms with E-state index >= 15 is 0 Å². The quantitative estimate of drug-likeness (QED) is 0.148. The topological polar surface area (TPSA) is 8.17 Å². The Morgan fingerprint density at radius 1 is 0.338 bits per heavy atom. The van der Waals surface area contributed by atoms with Gasteiger partial charge in [-0.2, -0.15) is 0 Å². The zero-order valence-electron chi connectivity index (χ0n) is 36.5. The van der Waals surface area contributed by atoms with Crippen molar-refractivity contribution in [1.82, 2.24) is 4.57 Å². The largest absolute Gasteiger partial charge is 0.309 e. The van der Waals surface area contributed by atoms with Gasteiger partial charge in [0.25, 0.3) is 0 Å². The summed E-state index contributed by atoms with van der Waals surface area (Å²) in [5.41, 5.74) is 21.6. The summed E-state index contributed by atoms with van der Waals surface area (Å²) >= 11 is 0. The Labute approximate surface area is 381 Å². The van der Waals surface area contributed by atoms with Crippen molar-refractivity contribution in [3.63, 3.8) is 0 Å². The first-order chi connectivity index (χ1) is 32.1. The molecule has 2 nitrogen and oxygen atoms in total. The van der Waals surface area contributed by atoms with Crippen LogP contribution in [0, 0.1) is 0 Å². The van der Waals surface area contributed by atoms with Gasteiger partial charge in [-0.3, -0.25) is 0 Å². The second-order valence-electron chi connectivity index (χ2n) is 17.6. The van der Waals surface area contributed by atoms with Crippen molar-refractivity contribution >= 4 is 38.9 Å². The molecule has 0 saturated heterocycles. The van der Waals surface area contributed by atoms with Crippen LogP contribution in [0.3, 0.4) is 0 Å². The SMILES string of the molecule is CC1(C)c2ccccc2-c2c(-c3ccc(N(c4cccc(-c5ccccc5)c4-c4ccccc4-c4ccccc4)c4cccc5c4c4ccccc4n5-c4ccccc4)cc3)cccc21. The maximum absolute atomic E-state index is 2.52. The summed E-state index contributed by atoms with van der Waals surface area (Å²) in [5, 5.41) is 2.40. The van der Waals surface area contributed by atoms with Crippen molar-refractivity contribution in [3.8, 4) is 61.3 Å². The molecule has 12 rings (SSSR count). The molecule has 0 aliphatic heterocycles. The first-order valence-corrected chi connectivity index (χ1v) is 22.6. The highest BCUT2D eigenvalue weighted by Gasteiger charge is 2.36. The number of hydrogen-bond donors (Lipinski definition) is 0. The summed E-state index contributed by atoms with van der Waals surface area (Å²) in [6, 6.07) is 88.9. The molecule has 1 aliphatic rings. The molecule has 0 amide bonds. The summed E-state index contributed by atoms with van der Waals surface area (Å²) in [6.07, 6.45) is 0. The predicted molar refractivity (Wildman–Crippen MR) is 275 cm³/mol. The third-order valence-electron chi connectivity index (χ3n) is 13.6. The van der Waals surface area contributed by atoms with E-state index in [0.29, 0.717) is 0 Å². The number of nitrogens with zero attached hydrogens (tertiary/aromatic N) is 2. The molecule has 0 radical (unpaired) electrons. The van der Waals surface area contributed by atoms with E-state index < -0.39 is 0 Å². The zero-order chi connectivity index (χ0) is 43.5. The monoisotopic (exact) mass is 830 g/mol. The normalized spacial score (nSPS) is 12.6. The van der Waals surface area contributed by atoms with E-state index in [9.17, 15) is 0 Å². The summed E-state index contributed by atoms with van der Waals surface area (Å²) < 4.78 is 2.41. The predicted octanol–water partition coefficient (Wildman–Crippen LogP) is 17.2. The van der Waals surface area contributed by atoms with Crippen molar-refractivity contribution in [2.75, 3.05) is 4.90 Å². The molecule has 1 aliphatic carbocycles. The third kappa shape index (κ3) is 6.25. The highest BCUT2D eigenvalue weighted by Crippen LogP contribution is 2.54. The van der Waals surface area contributed by atoms with Crippen LogP contribution < -0.4 is 4.90 Å². The highest BCUT2D eigenvalue weighted by molar-refractivity contribution is 6.17. The fourth-order valence-corrected chi connectivity index (χ4v) is 10.7. The van der Waals surface area contributed by atoms with E-state index in [1.807, 2.05) is 0 Å². The van der Waals surface area contributed by atoms with Crippen LogP contribution in [-0.4, -0.2) is 4.57 Å². The molecule has 0 fully saturated rings. The Balaban J connectivity index is 1.15. The van der Waals surface area contributed by atoms with Gasteiger partial charge in [0.05, 0.1) is 22.4 Å². The number of anilines is 3. The lowest BCUT2D eigenvalue weighted by molar-refractivity contribution is 0.660. The van der Waals surface area contributed by atoms with E-state index in [2.05, 4.69) is 266 Å². The molecule has 2 heteroatoms. The molecule has 0 unspecified atom stereocenters. The van der Waals surface area contributed by atoms with Crippen molar-refractivity contribution in [2.45, 2.75) is 19.3 Å². The molecule has 0 saturated carbocycles. The van der Waals surface area contributed by atoms with Gasteiger partial charge in [-0.25, -0.2) is 0 Å². The Morgan fingerprint density at radius 3 is 1.57 bits per heavy atom. The maximum Gasteiger partial charge on any atom is 0.0562 e. The molecular weight excluding hydrogens is 785 g/mol. The van der Waals surface area contributed by atoms with Gasteiger partial charge in [-0.15, -0.1) is 0 Å². The fourth-order valence-electron chi connectivity index (χ4n) is 10.7. The highest BCUT2D eigenvalue weighted by atomic mass is 15.2. The number of benzene rings is 10. The maximum atomic E-state index is 2.52. The lowest BCUT2D eigenvalue weighted by atomic mass is 9.82. The zero-order valence-corrected chi connectivity index (χ0v) is 36.5. The van der Waals surface area contributed by atoms with Crippen LogP contribution in [0.1, 0.15) is 25.0 Å². The first-order valence-electron chi connectivity index (χ1n) is 22.6. The van der Waals surface area contributed by atoms with Crippen LogP contribution >= 0.6 is 0 Å². The Kier molecular flexibility index (Phi) is 9.21. The molecule has 0 spiro atoms. The van der Waals surface area contributed by atoms with Crippen LogP contribution in [0.5, 0.6) is 0 Å². The van der Waals surface area contributed by atoms with Crippen LogP contribution in [0.2, 0.25) is 0 Å². The number of para-hydroxylation sites is 2. The minimum absolute atomic E-state index is 0.0769. The molecule has 0 bridgehead atoms. The minimum atomic E-state index is -0.0769. The molecule has 10 aromatic carbocycles. The molecule has 1 aromatic heterocycles. The van der Waals surface area contributed by atoms with Crippen LogP contribution in [0.25, 0.3) is 83.1 Å². The Morgan fingerprint density at radius 2 is 0.831 bits per heavy atom. The van der Waals surface area contributed by atoms with Gasteiger partial charge in [0.2, 0.25) is 0 Å². The fraction of sp³-hybridized carbons (Fsp3) is 0.0476. The number of aromatic nitrogens is 1. The first kappa shape index (κ1) is 38.5. The molecule has 65 heavy (non-hydrogen) atoms. The van der Waals surface area contributed by atoms with Gasteiger partial charge >= 0.3 is 0 Å². The Hall–Kier alpha value is -8.20. The molecule has 11 aromatic rings. The van der Waals surface area contributed by atoms with Crippen LogP contribution in [0.4, 0.5) is 17.1 Å². The summed E-state index contributed by atoms with van der Waals surface area (Å²) in [7, 11) is 0. The van der Waals surface area contributed by atoms with E-state index in [1.165, 1.54) is 83.1 Å². The van der Waals surface area contributed by atoms with E-state index in [1.54, 1.807) is 0 Å². The van der Waals surface area contributed by atoms with Crippen LogP contribution in [0.15, 0.2) is 243 Å². The average molecular weight is 831 g/mol. The van der Waals surface area contributed by atoms with Gasteiger partial charge in [0.1, 0.15) is 0 Å². The second kappa shape index (κ2) is 15.6. The molecule has 1 heterocycles. The van der Waals surface area contributed by atoms with Crippen LogP contribution in [-0.2, 0) is 5.41 Å². The van der Waals surface area contributed by atoms with Gasteiger partial charge < -0.3 is 9.47 Å².